The molecule has 0 radical (unpaired) electrons. The van der Waals surface area contributed by atoms with E-state index in [1.54, 1.807) is 0 Å². The fourth-order valence-electron chi connectivity index (χ4n) is 2.42. The van der Waals surface area contributed by atoms with Crippen molar-refractivity contribution in [2.24, 2.45) is 15.3 Å². The normalized spacial score (nSPS) is 15.2. The number of rotatable bonds is 5. The molecule has 6 heteroatoms. The van der Waals surface area contributed by atoms with Crippen molar-refractivity contribution in [3.05, 3.63) is 89.3 Å². The molecule has 0 fully saturated rings. The van der Waals surface area contributed by atoms with Gasteiger partial charge in [-0.3, -0.25) is 5.43 Å². The van der Waals surface area contributed by atoms with Gasteiger partial charge in [0.25, 0.3) is 0 Å². The van der Waals surface area contributed by atoms with Gasteiger partial charge in [-0.05, 0) is 17.2 Å². The van der Waals surface area contributed by atoms with Crippen LogP contribution in [0.25, 0.3) is 5.57 Å². The van der Waals surface area contributed by atoms with E-state index in [1.807, 2.05) is 78.9 Å². The number of benzene rings is 2. The van der Waals surface area contributed by atoms with Crippen LogP contribution in [0.1, 0.15) is 17.2 Å². The van der Waals surface area contributed by atoms with Gasteiger partial charge in [-0.2, -0.15) is 20.7 Å². The van der Waals surface area contributed by atoms with E-state index in [0.29, 0.717) is 11.4 Å². The summed E-state index contributed by atoms with van der Waals surface area (Å²) < 4.78 is 0. The fraction of sp³-hybridized carbons (Fsp3) is 0.0500. The van der Waals surface area contributed by atoms with Crippen LogP contribution >= 0.6 is 0 Å². The molecular formula is C20H14N6. The van der Waals surface area contributed by atoms with E-state index >= 15 is 0 Å². The minimum Gasteiger partial charge on any atom is -0.260 e. The Hall–Kier alpha value is -4.03. The van der Waals surface area contributed by atoms with Crippen LogP contribution in [0, 0.1) is 22.7 Å². The maximum Gasteiger partial charge on any atom is 0.166 e. The van der Waals surface area contributed by atoms with Crippen LogP contribution in [-0.2, 0) is 0 Å². The molecule has 0 bridgehead atoms. The molecule has 1 unspecified atom stereocenters. The molecule has 124 valence electrons. The summed E-state index contributed by atoms with van der Waals surface area (Å²) in [6.45, 7) is 0. The minimum absolute atomic E-state index is 0.00839. The topological polar surface area (TPSA) is 96.7 Å². The smallest absolute Gasteiger partial charge is 0.166 e. The van der Waals surface area contributed by atoms with Crippen molar-refractivity contribution >= 4 is 11.8 Å². The van der Waals surface area contributed by atoms with Crippen LogP contribution in [-0.4, -0.2) is 6.21 Å². The highest BCUT2D eigenvalue weighted by molar-refractivity contribution is 6.12. The maximum atomic E-state index is 9.17. The summed E-state index contributed by atoms with van der Waals surface area (Å²) in [5, 5.41) is 30.7. The third-order valence-corrected chi connectivity index (χ3v) is 3.70. The summed E-state index contributed by atoms with van der Waals surface area (Å²) >= 11 is 0. The monoisotopic (exact) mass is 338 g/mol. The van der Waals surface area contributed by atoms with Gasteiger partial charge in [-0.1, -0.05) is 60.7 Å². The van der Waals surface area contributed by atoms with E-state index in [0.717, 1.165) is 11.1 Å². The summed E-state index contributed by atoms with van der Waals surface area (Å²) in [7, 11) is 0. The number of azo groups is 1. The quantitative estimate of drug-likeness (QED) is 0.504. The summed E-state index contributed by atoms with van der Waals surface area (Å²) in [6.07, 6.45) is 3.30. The number of hydrogen-bond donors (Lipinski definition) is 1. The average molecular weight is 338 g/mol. The van der Waals surface area contributed by atoms with E-state index < -0.39 is 0 Å². The first-order valence-electron chi connectivity index (χ1n) is 7.88. The van der Waals surface area contributed by atoms with Crippen molar-refractivity contribution in [1.82, 2.24) is 5.43 Å². The standard InChI is InChI=1S/C20H14N6/c21-12-17(13-22)18(15-7-3-1-4-8-15)14-23-25-20-11-19(24-26-20)16-9-5-2-6-10-16/h1-11,14,19,25H/b23-14+. The number of nitrogens with zero attached hydrogens (tertiary/aromatic N) is 5. The van der Waals surface area contributed by atoms with Gasteiger partial charge in [-0.15, -0.1) is 5.11 Å². The van der Waals surface area contributed by atoms with Crippen LogP contribution in [0.3, 0.4) is 0 Å². The van der Waals surface area contributed by atoms with Crippen molar-refractivity contribution in [2.45, 2.75) is 6.04 Å². The minimum atomic E-state index is -0.146. The van der Waals surface area contributed by atoms with Gasteiger partial charge >= 0.3 is 0 Å². The largest absolute Gasteiger partial charge is 0.260 e. The van der Waals surface area contributed by atoms with Gasteiger partial charge in [-0.25, -0.2) is 0 Å². The first-order chi connectivity index (χ1) is 12.8. The SMILES string of the molecule is N#CC(C#N)=C(/C=N/NC1=CC(c2ccccc2)N=N1)c1ccccc1. The van der Waals surface area contributed by atoms with E-state index in [9.17, 15) is 10.5 Å². The molecular weight excluding hydrogens is 324 g/mol. The Labute approximate surface area is 151 Å². The number of nitriles is 2. The third kappa shape index (κ3) is 3.89. The first-order valence-corrected chi connectivity index (χ1v) is 7.88. The number of hydrogen-bond acceptors (Lipinski definition) is 6. The van der Waals surface area contributed by atoms with Gasteiger partial charge in [0, 0.05) is 5.57 Å². The molecule has 0 saturated carbocycles. The maximum absolute atomic E-state index is 9.17. The second-order valence-corrected chi connectivity index (χ2v) is 5.37. The molecule has 1 aliphatic rings. The van der Waals surface area contributed by atoms with E-state index in [-0.39, 0.29) is 11.6 Å². The molecule has 0 saturated heterocycles. The average Bonchev–Trinajstić information content (AvgIpc) is 3.18. The number of nitrogens with one attached hydrogen (secondary N) is 1. The highest BCUT2D eigenvalue weighted by atomic mass is 15.4. The second kappa shape index (κ2) is 8.18. The molecule has 26 heavy (non-hydrogen) atoms. The Morgan fingerprint density at radius 2 is 1.65 bits per heavy atom. The molecule has 1 atom stereocenters. The Kier molecular flexibility index (Phi) is 5.29. The summed E-state index contributed by atoms with van der Waals surface area (Å²) in [5.74, 6) is 0.512. The first kappa shape index (κ1) is 16.8. The second-order valence-electron chi connectivity index (χ2n) is 5.37. The Morgan fingerprint density at radius 1 is 1.00 bits per heavy atom. The van der Waals surface area contributed by atoms with Crippen LogP contribution in [0.2, 0.25) is 0 Å². The van der Waals surface area contributed by atoms with Crippen LogP contribution < -0.4 is 5.43 Å². The molecule has 0 spiro atoms. The van der Waals surface area contributed by atoms with Crippen LogP contribution in [0.4, 0.5) is 0 Å². The zero-order valence-corrected chi connectivity index (χ0v) is 13.7. The van der Waals surface area contributed by atoms with Crippen LogP contribution in [0.15, 0.2) is 93.5 Å². The number of hydrazone groups is 1. The summed E-state index contributed by atoms with van der Waals surface area (Å²) in [4.78, 5) is 0. The predicted molar refractivity (Wildman–Crippen MR) is 98.3 cm³/mol. The molecule has 1 heterocycles. The number of allylic oxidation sites excluding steroid dienone is 2. The predicted octanol–water partition coefficient (Wildman–Crippen LogP) is 4.11. The van der Waals surface area contributed by atoms with Gasteiger partial charge < -0.3 is 0 Å². The molecule has 6 nitrogen and oxygen atoms in total. The molecule has 2 aromatic rings. The van der Waals surface area contributed by atoms with Crippen molar-refractivity contribution in [3.63, 3.8) is 0 Å². The van der Waals surface area contributed by atoms with Crippen molar-refractivity contribution < 1.29 is 0 Å². The molecule has 2 aromatic carbocycles. The zero-order valence-electron chi connectivity index (χ0n) is 13.7. The lowest BCUT2D eigenvalue weighted by molar-refractivity contribution is 0.850. The molecule has 1 aliphatic heterocycles. The summed E-state index contributed by atoms with van der Waals surface area (Å²) in [6, 6.07) is 22.6. The molecule has 0 aromatic heterocycles. The van der Waals surface area contributed by atoms with Gasteiger partial charge in [0.05, 0.1) is 6.21 Å². The highest BCUT2D eigenvalue weighted by Crippen LogP contribution is 2.25. The molecule has 0 aliphatic carbocycles. The van der Waals surface area contributed by atoms with E-state index in [2.05, 4.69) is 20.8 Å². The van der Waals surface area contributed by atoms with Crippen molar-refractivity contribution in [3.8, 4) is 12.1 Å². The highest BCUT2D eigenvalue weighted by Gasteiger charge is 2.14. The van der Waals surface area contributed by atoms with Gasteiger partial charge in [0.15, 0.2) is 5.82 Å². The Morgan fingerprint density at radius 3 is 2.31 bits per heavy atom. The lowest BCUT2D eigenvalue weighted by Gasteiger charge is -2.02. The zero-order chi connectivity index (χ0) is 18.2. The van der Waals surface area contributed by atoms with E-state index in [1.165, 1.54) is 6.21 Å². The summed E-state index contributed by atoms with van der Waals surface area (Å²) in [5.41, 5.74) is 5.01. The lowest BCUT2D eigenvalue weighted by atomic mass is 10.0. The van der Waals surface area contributed by atoms with Gasteiger partial charge in [0.1, 0.15) is 23.8 Å². The molecule has 1 N–H and O–H groups in total. The van der Waals surface area contributed by atoms with Crippen molar-refractivity contribution in [2.75, 3.05) is 0 Å². The van der Waals surface area contributed by atoms with Crippen molar-refractivity contribution in [1.29, 1.82) is 10.5 Å². The lowest BCUT2D eigenvalue weighted by Crippen LogP contribution is -2.03. The van der Waals surface area contributed by atoms with E-state index in [4.69, 9.17) is 0 Å². The third-order valence-electron chi connectivity index (χ3n) is 3.70. The molecule has 3 rings (SSSR count). The Bertz CT molecular complexity index is 956. The van der Waals surface area contributed by atoms with Crippen LogP contribution in [0.5, 0.6) is 0 Å². The fourth-order valence-corrected chi connectivity index (χ4v) is 2.42. The van der Waals surface area contributed by atoms with Gasteiger partial charge in [0.2, 0.25) is 0 Å². The Balaban J connectivity index is 1.77. The molecule has 0 amide bonds.